The maximum absolute atomic E-state index is 13.9. The maximum Gasteiger partial charge on any atom is 0.334 e. The van der Waals surface area contributed by atoms with E-state index in [-0.39, 0.29) is 12.1 Å². The zero-order valence-corrected chi connectivity index (χ0v) is 11.6. The average molecular weight is 285 g/mol. The predicted octanol–water partition coefficient (Wildman–Crippen LogP) is 2.52. The zero-order chi connectivity index (χ0) is 15.5. The second-order valence-electron chi connectivity index (χ2n) is 4.67. The van der Waals surface area contributed by atoms with Crippen LogP contribution in [0.1, 0.15) is 32.8 Å². The topological polar surface area (TPSA) is 57.6 Å². The number of hydrogen-bond donors (Lipinski definition) is 1. The summed E-state index contributed by atoms with van der Waals surface area (Å²) < 4.78 is 26.9. The van der Waals surface area contributed by atoms with Crippen molar-refractivity contribution in [2.24, 2.45) is 0 Å². The fraction of sp³-hybridized carbons (Fsp3) is 0.429. The third kappa shape index (κ3) is 2.79. The Balaban J connectivity index is 3.47. The first-order valence-corrected chi connectivity index (χ1v) is 6.22. The molecular formula is C14H17F2NO3. The van der Waals surface area contributed by atoms with Gasteiger partial charge in [-0.1, -0.05) is 13.0 Å². The van der Waals surface area contributed by atoms with Gasteiger partial charge in [0.1, 0.15) is 11.6 Å². The molecule has 1 N–H and O–H groups in total. The first kappa shape index (κ1) is 16.1. The highest BCUT2D eigenvalue weighted by Crippen LogP contribution is 2.31. The van der Waals surface area contributed by atoms with Gasteiger partial charge in [0.15, 0.2) is 5.54 Å². The molecule has 1 rings (SSSR count). The summed E-state index contributed by atoms with van der Waals surface area (Å²) in [4.78, 5) is 24.4. The highest BCUT2D eigenvalue weighted by molar-refractivity contribution is 5.87. The normalized spacial score (nSPS) is 13.7. The lowest BCUT2D eigenvalue weighted by Gasteiger charge is -2.37. The number of hydrogen-bond acceptors (Lipinski definition) is 2. The van der Waals surface area contributed by atoms with E-state index in [1.54, 1.807) is 6.92 Å². The van der Waals surface area contributed by atoms with E-state index in [9.17, 15) is 23.5 Å². The number of carbonyl (C=O) groups is 2. The average Bonchev–Trinajstić information content (AvgIpc) is 2.34. The van der Waals surface area contributed by atoms with Crippen LogP contribution in [-0.4, -0.2) is 28.4 Å². The summed E-state index contributed by atoms with van der Waals surface area (Å²) in [5, 5.41) is 9.47. The van der Waals surface area contributed by atoms with E-state index in [0.29, 0.717) is 12.5 Å². The third-order valence-electron chi connectivity index (χ3n) is 3.24. The van der Waals surface area contributed by atoms with Crippen molar-refractivity contribution in [3.8, 4) is 0 Å². The molecule has 0 spiro atoms. The molecule has 0 aliphatic heterocycles. The molecule has 1 amide bonds. The summed E-state index contributed by atoms with van der Waals surface area (Å²) in [6.45, 7) is 4.40. The van der Waals surface area contributed by atoms with E-state index in [4.69, 9.17) is 0 Å². The molecule has 1 unspecified atom stereocenters. The lowest BCUT2D eigenvalue weighted by atomic mass is 9.89. The summed E-state index contributed by atoms with van der Waals surface area (Å²) in [7, 11) is 0. The number of carboxylic acids is 1. The number of halogens is 2. The van der Waals surface area contributed by atoms with Gasteiger partial charge in [-0.3, -0.25) is 4.79 Å². The van der Waals surface area contributed by atoms with Gasteiger partial charge < -0.3 is 10.0 Å². The molecule has 1 atom stereocenters. The fourth-order valence-electron chi connectivity index (χ4n) is 2.18. The summed E-state index contributed by atoms with van der Waals surface area (Å²) >= 11 is 0. The SMILES string of the molecule is CCCN(C(C)=O)C(C)(C(=O)O)c1ccc(F)cc1F. The molecule has 0 aromatic heterocycles. The molecule has 0 bridgehead atoms. The highest BCUT2D eigenvalue weighted by Gasteiger charge is 2.44. The van der Waals surface area contributed by atoms with Gasteiger partial charge in [0, 0.05) is 25.1 Å². The number of aliphatic carboxylic acids is 1. The van der Waals surface area contributed by atoms with Gasteiger partial charge in [0.2, 0.25) is 5.91 Å². The van der Waals surface area contributed by atoms with Gasteiger partial charge in [-0.2, -0.15) is 0 Å². The van der Waals surface area contributed by atoms with Crippen molar-refractivity contribution < 1.29 is 23.5 Å². The Labute approximate surface area is 116 Å². The molecule has 0 radical (unpaired) electrons. The van der Waals surface area contributed by atoms with Gasteiger partial charge in [0.25, 0.3) is 0 Å². The molecule has 1 aromatic rings. The molecule has 0 aliphatic rings. The summed E-state index contributed by atoms with van der Waals surface area (Å²) in [6.07, 6.45) is 0.519. The van der Waals surface area contributed by atoms with E-state index in [0.717, 1.165) is 17.0 Å². The quantitative estimate of drug-likeness (QED) is 0.904. The van der Waals surface area contributed by atoms with Gasteiger partial charge in [0.05, 0.1) is 0 Å². The minimum Gasteiger partial charge on any atom is -0.479 e. The number of carboxylic acid groups (broad SMARTS) is 1. The number of rotatable bonds is 5. The van der Waals surface area contributed by atoms with Crippen LogP contribution in [0.25, 0.3) is 0 Å². The van der Waals surface area contributed by atoms with E-state index >= 15 is 0 Å². The summed E-state index contributed by atoms with van der Waals surface area (Å²) in [5.74, 6) is -3.65. The van der Waals surface area contributed by atoms with E-state index in [1.807, 2.05) is 0 Å². The molecule has 20 heavy (non-hydrogen) atoms. The molecule has 0 heterocycles. The van der Waals surface area contributed by atoms with E-state index < -0.39 is 29.0 Å². The lowest BCUT2D eigenvalue weighted by molar-refractivity contribution is -0.158. The van der Waals surface area contributed by atoms with Crippen molar-refractivity contribution in [1.82, 2.24) is 4.90 Å². The number of benzene rings is 1. The molecule has 1 aromatic carbocycles. The zero-order valence-electron chi connectivity index (χ0n) is 11.6. The van der Waals surface area contributed by atoms with Crippen LogP contribution < -0.4 is 0 Å². The van der Waals surface area contributed by atoms with Crippen LogP contribution in [0.15, 0.2) is 18.2 Å². The smallest absolute Gasteiger partial charge is 0.334 e. The molecular weight excluding hydrogens is 268 g/mol. The van der Waals surface area contributed by atoms with Gasteiger partial charge >= 0.3 is 5.97 Å². The van der Waals surface area contributed by atoms with Gasteiger partial charge in [-0.25, -0.2) is 13.6 Å². The lowest BCUT2D eigenvalue weighted by Crippen LogP contribution is -2.52. The fourth-order valence-corrected chi connectivity index (χ4v) is 2.18. The van der Waals surface area contributed by atoms with Crippen LogP contribution in [-0.2, 0) is 15.1 Å². The summed E-state index contributed by atoms with van der Waals surface area (Å²) in [5.41, 5.74) is -2.12. The minimum absolute atomic E-state index is 0.162. The Morgan fingerprint density at radius 2 is 1.95 bits per heavy atom. The van der Waals surface area contributed by atoms with Crippen molar-refractivity contribution in [1.29, 1.82) is 0 Å². The Kier molecular flexibility index (Phi) is 4.81. The molecule has 0 aliphatic carbocycles. The van der Waals surface area contributed by atoms with E-state index in [2.05, 4.69) is 0 Å². The number of carbonyl (C=O) groups excluding carboxylic acids is 1. The molecule has 110 valence electrons. The van der Waals surface area contributed by atoms with Crippen molar-refractivity contribution in [2.75, 3.05) is 6.54 Å². The largest absolute Gasteiger partial charge is 0.479 e. The van der Waals surface area contributed by atoms with Crippen LogP contribution in [0.3, 0.4) is 0 Å². The van der Waals surface area contributed by atoms with Crippen LogP contribution >= 0.6 is 0 Å². The molecule has 0 saturated heterocycles. The molecule has 4 nitrogen and oxygen atoms in total. The van der Waals surface area contributed by atoms with Crippen molar-refractivity contribution in [2.45, 2.75) is 32.7 Å². The Bertz CT molecular complexity index is 533. The second-order valence-corrected chi connectivity index (χ2v) is 4.67. The molecule has 0 saturated carbocycles. The number of nitrogens with zero attached hydrogens (tertiary/aromatic N) is 1. The Morgan fingerprint density at radius 1 is 1.35 bits per heavy atom. The maximum atomic E-state index is 13.9. The third-order valence-corrected chi connectivity index (χ3v) is 3.24. The Morgan fingerprint density at radius 3 is 2.35 bits per heavy atom. The van der Waals surface area contributed by atoms with Crippen LogP contribution in [0, 0.1) is 11.6 Å². The first-order valence-electron chi connectivity index (χ1n) is 6.22. The summed E-state index contributed by atoms with van der Waals surface area (Å²) in [6, 6.07) is 2.65. The second kappa shape index (κ2) is 5.98. The highest BCUT2D eigenvalue weighted by atomic mass is 19.1. The van der Waals surface area contributed by atoms with Gasteiger partial charge in [-0.05, 0) is 19.4 Å². The van der Waals surface area contributed by atoms with Crippen molar-refractivity contribution >= 4 is 11.9 Å². The predicted molar refractivity (Wildman–Crippen MR) is 69.0 cm³/mol. The molecule has 6 heteroatoms. The monoisotopic (exact) mass is 285 g/mol. The molecule has 0 fully saturated rings. The standard InChI is InChI=1S/C14H17F2NO3/c1-4-7-17(9(2)18)14(3,13(19)20)11-6-5-10(15)8-12(11)16/h5-6,8H,4,7H2,1-3H3,(H,19,20). The van der Waals surface area contributed by atoms with E-state index in [1.165, 1.54) is 13.8 Å². The minimum atomic E-state index is -1.88. The van der Waals surface area contributed by atoms with Crippen molar-refractivity contribution in [3.63, 3.8) is 0 Å². The Hall–Kier alpha value is -1.98. The first-order chi connectivity index (χ1) is 9.25. The van der Waals surface area contributed by atoms with Crippen LogP contribution in [0.5, 0.6) is 0 Å². The number of amides is 1. The van der Waals surface area contributed by atoms with Gasteiger partial charge in [-0.15, -0.1) is 0 Å². The van der Waals surface area contributed by atoms with Crippen molar-refractivity contribution in [3.05, 3.63) is 35.4 Å². The van der Waals surface area contributed by atoms with Crippen LogP contribution in [0.4, 0.5) is 8.78 Å². The van der Waals surface area contributed by atoms with Crippen LogP contribution in [0.2, 0.25) is 0 Å².